The maximum atomic E-state index is 10.7. The Morgan fingerprint density at radius 3 is 2.38 bits per heavy atom. The molecule has 0 aliphatic heterocycles. The number of aromatic hydroxyl groups is 1. The van der Waals surface area contributed by atoms with Crippen LogP contribution in [0.3, 0.4) is 0 Å². The number of aromatic nitrogens is 2. The van der Waals surface area contributed by atoms with Crippen LogP contribution in [0.1, 0.15) is 11.3 Å². The zero-order chi connectivity index (χ0) is 22.7. The van der Waals surface area contributed by atoms with Gasteiger partial charge < -0.3 is 19.3 Å². The van der Waals surface area contributed by atoms with E-state index < -0.39 is 0 Å². The molecule has 0 saturated heterocycles. The van der Waals surface area contributed by atoms with Crippen molar-refractivity contribution in [1.82, 2.24) is 10.2 Å². The highest BCUT2D eigenvalue weighted by molar-refractivity contribution is 6.35. The third-order valence-corrected chi connectivity index (χ3v) is 5.55. The number of aromatic amines is 1. The van der Waals surface area contributed by atoms with E-state index in [2.05, 4.69) is 10.2 Å². The first-order chi connectivity index (χ1) is 15.5. The van der Waals surface area contributed by atoms with Crippen molar-refractivity contribution < 1.29 is 19.3 Å². The first-order valence-corrected chi connectivity index (χ1v) is 10.5. The van der Waals surface area contributed by atoms with E-state index in [9.17, 15) is 5.11 Å². The molecule has 3 aromatic carbocycles. The van der Waals surface area contributed by atoms with E-state index in [0.717, 1.165) is 0 Å². The van der Waals surface area contributed by atoms with Gasteiger partial charge >= 0.3 is 0 Å². The van der Waals surface area contributed by atoms with Crippen LogP contribution in [0.5, 0.6) is 28.7 Å². The fourth-order valence-electron chi connectivity index (χ4n) is 3.17. The zero-order valence-electron chi connectivity index (χ0n) is 17.4. The van der Waals surface area contributed by atoms with Gasteiger partial charge in [-0.3, -0.25) is 5.10 Å². The number of nitrogens with one attached hydrogen (secondary N) is 1. The number of nitrogens with zero attached hydrogens (tertiary/aromatic N) is 1. The second-order valence-corrected chi connectivity index (χ2v) is 7.76. The van der Waals surface area contributed by atoms with Crippen LogP contribution in [0.2, 0.25) is 10.0 Å². The van der Waals surface area contributed by atoms with E-state index in [-0.39, 0.29) is 12.4 Å². The molecule has 0 atom stereocenters. The lowest BCUT2D eigenvalue weighted by atomic mass is 10.1. The van der Waals surface area contributed by atoms with Crippen LogP contribution in [-0.2, 0) is 6.61 Å². The quantitative estimate of drug-likeness (QED) is 0.311. The minimum Gasteiger partial charge on any atom is -0.507 e. The summed E-state index contributed by atoms with van der Waals surface area (Å²) in [6, 6.07) is 17.5. The summed E-state index contributed by atoms with van der Waals surface area (Å²) >= 11 is 12.4. The van der Waals surface area contributed by atoms with Crippen LogP contribution in [-0.4, -0.2) is 22.4 Å². The van der Waals surface area contributed by atoms with Gasteiger partial charge in [0, 0.05) is 27.2 Å². The van der Waals surface area contributed by atoms with Crippen molar-refractivity contribution in [2.24, 2.45) is 0 Å². The Morgan fingerprint density at radius 2 is 1.69 bits per heavy atom. The highest BCUT2D eigenvalue weighted by Crippen LogP contribution is 2.41. The fraction of sp³-hybridized carbons (Fsp3) is 0.125. The molecule has 1 heterocycles. The van der Waals surface area contributed by atoms with Gasteiger partial charge in [-0.2, -0.15) is 5.10 Å². The maximum absolute atomic E-state index is 10.7. The lowest BCUT2D eigenvalue weighted by Gasteiger charge is -2.13. The number of halogens is 2. The van der Waals surface area contributed by atoms with E-state index in [1.807, 2.05) is 19.1 Å². The molecule has 4 rings (SSSR count). The molecule has 0 amide bonds. The molecule has 0 aliphatic carbocycles. The number of methoxy groups -OCH3 is 1. The predicted molar refractivity (Wildman–Crippen MR) is 124 cm³/mol. The second-order valence-electron chi connectivity index (χ2n) is 6.95. The van der Waals surface area contributed by atoms with Crippen molar-refractivity contribution in [2.45, 2.75) is 13.5 Å². The Morgan fingerprint density at radius 1 is 0.969 bits per heavy atom. The molecular formula is C24H20Cl2N2O4. The Balaban J connectivity index is 1.59. The molecule has 164 valence electrons. The summed E-state index contributed by atoms with van der Waals surface area (Å²) in [4.78, 5) is 0. The summed E-state index contributed by atoms with van der Waals surface area (Å²) in [6.07, 6.45) is 0. The SMILES string of the molecule is COc1ccccc1Oc1c(-c2ccc(OCc3c(Cl)cccc3Cl)cc2O)n[nH]c1C. The van der Waals surface area contributed by atoms with Gasteiger partial charge in [0.1, 0.15) is 23.8 Å². The van der Waals surface area contributed by atoms with Crippen molar-refractivity contribution in [2.75, 3.05) is 7.11 Å². The van der Waals surface area contributed by atoms with Gasteiger partial charge in [0.05, 0.1) is 12.8 Å². The standard InChI is InChI=1S/C24H20Cl2N2O4/c1-14-24(32-22-9-4-3-8-21(22)30-2)23(28-27-14)16-11-10-15(12-20(16)29)31-13-17-18(25)6-5-7-19(17)26/h3-12,29H,13H2,1-2H3,(H,27,28). The number of hydrogen-bond donors (Lipinski definition) is 2. The highest BCUT2D eigenvalue weighted by Gasteiger charge is 2.19. The lowest BCUT2D eigenvalue weighted by Crippen LogP contribution is -1.97. The fourth-order valence-corrected chi connectivity index (χ4v) is 3.67. The van der Waals surface area contributed by atoms with E-state index in [1.165, 1.54) is 6.07 Å². The average molecular weight is 471 g/mol. The van der Waals surface area contributed by atoms with Crippen molar-refractivity contribution in [3.63, 3.8) is 0 Å². The third kappa shape index (κ3) is 4.47. The summed E-state index contributed by atoms with van der Waals surface area (Å²) in [5.41, 5.74) is 2.34. The molecule has 32 heavy (non-hydrogen) atoms. The Hall–Kier alpha value is -3.35. The molecule has 0 unspecified atom stereocenters. The normalized spacial score (nSPS) is 10.8. The Labute approximate surface area is 195 Å². The van der Waals surface area contributed by atoms with Crippen LogP contribution >= 0.6 is 23.2 Å². The lowest BCUT2D eigenvalue weighted by molar-refractivity contribution is 0.304. The van der Waals surface area contributed by atoms with Gasteiger partial charge in [-0.15, -0.1) is 0 Å². The van der Waals surface area contributed by atoms with Gasteiger partial charge in [-0.05, 0) is 43.3 Å². The number of para-hydroxylation sites is 2. The first-order valence-electron chi connectivity index (χ1n) is 9.73. The van der Waals surface area contributed by atoms with Crippen LogP contribution in [0.25, 0.3) is 11.3 Å². The summed E-state index contributed by atoms with van der Waals surface area (Å²) in [5, 5.41) is 18.9. The van der Waals surface area contributed by atoms with E-state index in [0.29, 0.717) is 55.6 Å². The molecule has 6 nitrogen and oxygen atoms in total. The monoisotopic (exact) mass is 470 g/mol. The summed E-state index contributed by atoms with van der Waals surface area (Å²) in [7, 11) is 1.58. The van der Waals surface area contributed by atoms with Crippen LogP contribution in [0.4, 0.5) is 0 Å². The van der Waals surface area contributed by atoms with Crippen molar-refractivity contribution in [1.29, 1.82) is 0 Å². The minimum atomic E-state index is -0.0101. The molecule has 0 spiro atoms. The zero-order valence-corrected chi connectivity index (χ0v) is 18.9. The molecule has 0 saturated carbocycles. The first kappa shape index (κ1) is 21.9. The number of benzene rings is 3. The molecule has 0 bridgehead atoms. The Kier molecular flexibility index (Phi) is 6.44. The molecule has 8 heteroatoms. The van der Waals surface area contributed by atoms with Gasteiger partial charge in [-0.25, -0.2) is 0 Å². The number of phenolic OH excluding ortho intramolecular Hbond substituents is 1. The molecule has 0 fully saturated rings. The van der Waals surface area contributed by atoms with Crippen LogP contribution in [0.15, 0.2) is 60.7 Å². The molecule has 2 N–H and O–H groups in total. The van der Waals surface area contributed by atoms with Crippen molar-refractivity contribution in [3.8, 4) is 40.0 Å². The van der Waals surface area contributed by atoms with Gasteiger partial charge in [-0.1, -0.05) is 41.4 Å². The highest BCUT2D eigenvalue weighted by atomic mass is 35.5. The van der Waals surface area contributed by atoms with Crippen molar-refractivity contribution >= 4 is 23.2 Å². The number of hydrogen-bond acceptors (Lipinski definition) is 5. The second kappa shape index (κ2) is 9.42. The molecular weight excluding hydrogens is 451 g/mol. The summed E-state index contributed by atoms with van der Waals surface area (Å²) in [6.45, 7) is 2.00. The largest absolute Gasteiger partial charge is 0.507 e. The number of ether oxygens (including phenoxy) is 3. The molecule has 4 aromatic rings. The molecule has 0 aliphatic rings. The number of rotatable bonds is 7. The van der Waals surface area contributed by atoms with Gasteiger partial charge in [0.25, 0.3) is 0 Å². The van der Waals surface area contributed by atoms with E-state index >= 15 is 0 Å². The van der Waals surface area contributed by atoms with Gasteiger partial charge in [0.15, 0.2) is 17.2 Å². The predicted octanol–water partition coefficient (Wildman–Crippen LogP) is 6.78. The third-order valence-electron chi connectivity index (χ3n) is 4.84. The molecule has 1 aromatic heterocycles. The van der Waals surface area contributed by atoms with Crippen molar-refractivity contribution in [3.05, 3.63) is 82.0 Å². The average Bonchev–Trinajstić information content (AvgIpc) is 3.14. The van der Waals surface area contributed by atoms with E-state index in [1.54, 1.807) is 49.6 Å². The maximum Gasteiger partial charge on any atom is 0.176 e. The van der Waals surface area contributed by atoms with Crippen LogP contribution in [0, 0.1) is 6.92 Å². The van der Waals surface area contributed by atoms with Crippen LogP contribution < -0.4 is 14.2 Å². The van der Waals surface area contributed by atoms with E-state index in [4.69, 9.17) is 37.4 Å². The smallest absolute Gasteiger partial charge is 0.176 e. The summed E-state index contributed by atoms with van der Waals surface area (Å²) < 4.78 is 17.2. The Bertz CT molecular complexity index is 1240. The molecule has 0 radical (unpaired) electrons. The minimum absolute atomic E-state index is 0.0101. The topological polar surface area (TPSA) is 76.6 Å². The number of aryl methyl sites for hydroxylation is 1. The number of H-pyrrole nitrogens is 1. The summed E-state index contributed by atoms with van der Waals surface area (Å²) in [5.74, 6) is 2.06. The number of phenols is 1. The van der Waals surface area contributed by atoms with Gasteiger partial charge in [0.2, 0.25) is 0 Å².